The molecule has 2 amide bonds. The number of anilines is 1. The second-order valence-electron chi connectivity index (χ2n) is 10.7. The number of sulfonamides is 1. The summed E-state index contributed by atoms with van der Waals surface area (Å²) >= 11 is 6.04. The lowest BCUT2D eigenvalue weighted by Crippen LogP contribution is -2.53. The van der Waals surface area contributed by atoms with Crippen LogP contribution in [0.25, 0.3) is 0 Å². The summed E-state index contributed by atoms with van der Waals surface area (Å²) in [5, 5.41) is 3.51. The monoisotopic (exact) mass is 641 g/mol. The molecule has 4 rings (SSSR count). The highest BCUT2D eigenvalue weighted by Crippen LogP contribution is 2.28. The van der Waals surface area contributed by atoms with Crippen molar-refractivity contribution >= 4 is 39.1 Å². The lowest BCUT2D eigenvalue weighted by molar-refractivity contribution is -0.140. The number of hydrogen-bond acceptors (Lipinski definition) is 6. The second-order valence-corrected chi connectivity index (χ2v) is 13.0. The highest BCUT2D eigenvalue weighted by atomic mass is 35.5. The van der Waals surface area contributed by atoms with Gasteiger partial charge in [-0.3, -0.25) is 13.9 Å². The maximum Gasteiger partial charge on any atom is 0.264 e. The van der Waals surface area contributed by atoms with Gasteiger partial charge in [0.2, 0.25) is 11.8 Å². The standard InChI is InChI=1S/C33H40ClN3O6S/c1-4-31(33(39)35-26-10-6-7-11-26)36(22-24-9-8-12-29(21-24)42-3)32(38)23-37(27-15-17-28(18-16-27)43-5-2)44(40,41)30-19-13-25(34)14-20-30/h8-9,12-21,26,31H,4-7,10-11,22-23H2,1-3H3,(H,35,39). The third-order valence-corrected chi connectivity index (χ3v) is 9.73. The molecular weight excluding hydrogens is 602 g/mol. The Morgan fingerprint density at radius 2 is 1.66 bits per heavy atom. The van der Waals surface area contributed by atoms with Gasteiger partial charge >= 0.3 is 0 Å². The predicted octanol–water partition coefficient (Wildman–Crippen LogP) is 5.81. The molecule has 1 fully saturated rings. The molecule has 236 valence electrons. The number of nitrogens with zero attached hydrogens (tertiary/aromatic N) is 2. The first-order valence-corrected chi connectivity index (χ1v) is 16.7. The maximum absolute atomic E-state index is 14.3. The number of rotatable bonds is 14. The maximum atomic E-state index is 14.3. The quantitative estimate of drug-likeness (QED) is 0.238. The average Bonchev–Trinajstić information content (AvgIpc) is 3.53. The molecule has 1 aliphatic rings. The largest absolute Gasteiger partial charge is 0.497 e. The van der Waals surface area contributed by atoms with Crippen molar-refractivity contribution in [3.05, 3.63) is 83.4 Å². The van der Waals surface area contributed by atoms with Crippen LogP contribution in [0.1, 0.15) is 51.5 Å². The molecule has 1 aliphatic carbocycles. The molecule has 1 N–H and O–H groups in total. The minimum atomic E-state index is -4.21. The van der Waals surface area contributed by atoms with Crippen LogP contribution in [0.3, 0.4) is 0 Å². The molecule has 0 radical (unpaired) electrons. The van der Waals surface area contributed by atoms with Crippen LogP contribution in [0.15, 0.2) is 77.7 Å². The van der Waals surface area contributed by atoms with E-state index in [2.05, 4.69) is 5.32 Å². The van der Waals surface area contributed by atoms with Gasteiger partial charge < -0.3 is 19.7 Å². The molecule has 9 nitrogen and oxygen atoms in total. The fourth-order valence-electron chi connectivity index (χ4n) is 5.39. The van der Waals surface area contributed by atoms with Crippen LogP contribution >= 0.6 is 11.6 Å². The van der Waals surface area contributed by atoms with Gasteiger partial charge in [-0.25, -0.2) is 8.42 Å². The number of nitrogens with one attached hydrogen (secondary N) is 1. The van der Waals surface area contributed by atoms with E-state index in [1.165, 1.54) is 29.2 Å². The van der Waals surface area contributed by atoms with Crippen LogP contribution < -0.4 is 19.1 Å². The van der Waals surface area contributed by atoms with E-state index in [9.17, 15) is 18.0 Å². The Labute approximate surface area is 265 Å². The summed E-state index contributed by atoms with van der Waals surface area (Å²) < 4.78 is 40.1. The predicted molar refractivity (Wildman–Crippen MR) is 172 cm³/mol. The van der Waals surface area contributed by atoms with Crippen molar-refractivity contribution in [2.45, 2.75) is 69.5 Å². The zero-order valence-electron chi connectivity index (χ0n) is 25.4. The highest BCUT2D eigenvalue weighted by Gasteiger charge is 2.34. The summed E-state index contributed by atoms with van der Waals surface area (Å²) in [5.41, 5.74) is 1.03. The van der Waals surface area contributed by atoms with E-state index in [1.54, 1.807) is 43.5 Å². The van der Waals surface area contributed by atoms with Crippen LogP contribution in [0.2, 0.25) is 5.02 Å². The van der Waals surface area contributed by atoms with Gasteiger partial charge in [0.25, 0.3) is 10.0 Å². The number of carbonyl (C=O) groups is 2. The molecule has 1 saturated carbocycles. The van der Waals surface area contributed by atoms with Crippen molar-refractivity contribution in [1.29, 1.82) is 0 Å². The van der Waals surface area contributed by atoms with Crippen LogP contribution in [0.5, 0.6) is 11.5 Å². The van der Waals surface area contributed by atoms with Crippen molar-refractivity contribution < 1.29 is 27.5 Å². The topological polar surface area (TPSA) is 105 Å². The molecule has 11 heteroatoms. The van der Waals surface area contributed by atoms with Crippen molar-refractivity contribution in [3.63, 3.8) is 0 Å². The lowest BCUT2D eigenvalue weighted by Gasteiger charge is -2.34. The van der Waals surface area contributed by atoms with Crippen molar-refractivity contribution in [2.75, 3.05) is 24.6 Å². The minimum absolute atomic E-state index is 0.0195. The van der Waals surface area contributed by atoms with Gasteiger partial charge in [-0.15, -0.1) is 0 Å². The summed E-state index contributed by atoms with van der Waals surface area (Å²) in [6, 6.07) is 18.8. The molecule has 0 aliphatic heterocycles. The van der Waals surface area contributed by atoms with Gasteiger partial charge in [0.1, 0.15) is 24.1 Å². The number of hydrogen-bond donors (Lipinski definition) is 1. The molecule has 0 saturated heterocycles. The fourth-order valence-corrected chi connectivity index (χ4v) is 6.93. The Balaban J connectivity index is 1.72. The molecule has 3 aromatic carbocycles. The zero-order valence-corrected chi connectivity index (χ0v) is 26.9. The smallest absolute Gasteiger partial charge is 0.264 e. The Morgan fingerprint density at radius 1 is 0.977 bits per heavy atom. The molecular formula is C33H40ClN3O6S. The van der Waals surface area contributed by atoms with Crippen molar-refractivity contribution in [1.82, 2.24) is 10.2 Å². The van der Waals surface area contributed by atoms with Crippen LogP contribution in [-0.2, 0) is 26.2 Å². The van der Waals surface area contributed by atoms with Crippen LogP contribution in [0, 0.1) is 0 Å². The van der Waals surface area contributed by atoms with E-state index in [4.69, 9.17) is 21.1 Å². The number of halogens is 1. The van der Waals surface area contributed by atoms with Crippen molar-refractivity contribution in [3.8, 4) is 11.5 Å². The first kappa shape index (κ1) is 33.1. The highest BCUT2D eigenvalue weighted by molar-refractivity contribution is 7.92. The van der Waals surface area contributed by atoms with E-state index in [-0.39, 0.29) is 29.1 Å². The zero-order chi connectivity index (χ0) is 31.7. The van der Waals surface area contributed by atoms with E-state index < -0.39 is 28.5 Å². The molecule has 1 atom stereocenters. The first-order chi connectivity index (χ1) is 21.2. The van der Waals surface area contributed by atoms with Gasteiger partial charge in [0.05, 0.1) is 24.3 Å². The van der Waals surface area contributed by atoms with Gasteiger partial charge in [-0.2, -0.15) is 0 Å². The van der Waals surface area contributed by atoms with E-state index in [1.807, 2.05) is 26.0 Å². The normalized spacial score (nSPS) is 14.1. The number of amides is 2. The molecule has 0 bridgehead atoms. The number of benzene rings is 3. The Hall–Kier alpha value is -3.76. The number of carbonyl (C=O) groups excluding carboxylic acids is 2. The SMILES string of the molecule is CCOc1ccc(N(CC(=O)N(Cc2cccc(OC)c2)C(CC)C(=O)NC2CCCC2)S(=O)(=O)c2ccc(Cl)cc2)cc1. The van der Waals surface area contributed by atoms with Crippen LogP contribution in [-0.4, -0.2) is 57.5 Å². The summed E-state index contributed by atoms with van der Waals surface area (Å²) in [4.78, 5) is 29.3. The van der Waals surface area contributed by atoms with E-state index in [0.29, 0.717) is 29.5 Å². The third-order valence-electron chi connectivity index (χ3n) is 7.69. The molecule has 0 aromatic heterocycles. The molecule has 0 spiro atoms. The Kier molecular flexibility index (Phi) is 11.5. The molecule has 44 heavy (non-hydrogen) atoms. The van der Waals surface area contributed by atoms with E-state index in [0.717, 1.165) is 35.6 Å². The van der Waals surface area contributed by atoms with Gasteiger partial charge in [-0.05, 0) is 92.4 Å². The minimum Gasteiger partial charge on any atom is -0.497 e. The number of methoxy groups -OCH3 is 1. The van der Waals surface area contributed by atoms with Crippen molar-refractivity contribution in [2.24, 2.45) is 0 Å². The molecule has 3 aromatic rings. The van der Waals surface area contributed by atoms with Gasteiger partial charge in [0.15, 0.2) is 0 Å². The summed E-state index contributed by atoms with van der Waals surface area (Å²) in [5.74, 6) is 0.414. The second kappa shape index (κ2) is 15.3. The third kappa shape index (κ3) is 8.24. The number of ether oxygens (including phenoxy) is 2. The van der Waals surface area contributed by atoms with E-state index >= 15 is 0 Å². The lowest BCUT2D eigenvalue weighted by atomic mass is 10.1. The summed E-state index contributed by atoms with van der Waals surface area (Å²) in [6.07, 6.45) is 4.25. The summed E-state index contributed by atoms with van der Waals surface area (Å²) in [6.45, 7) is 3.71. The molecule has 0 heterocycles. The first-order valence-electron chi connectivity index (χ1n) is 14.9. The Morgan fingerprint density at radius 3 is 2.27 bits per heavy atom. The van der Waals surface area contributed by atoms with Gasteiger partial charge in [0, 0.05) is 17.6 Å². The molecule has 1 unspecified atom stereocenters. The average molecular weight is 642 g/mol. The van der Waals surface area contributed by atoms with Gasteiger partial charge in [-0.1, -0.05) is 43.5 Å². The Bertz CT molecular complexity index is 1510. The van der Waals surface area contributed by atoms with Crippen LogP contribution in [0.4, 0.5) is 5.69 Å². The fraction of sp³-hybridized carbons (Fsp3) is 0.394. The summed E-state index contributed by atoms with van der Waals surface area (Å²) in [7, 11) is -2.66.